The molecule has 0 saturated carbocycles. The van der Waals surface area contributed by atoms with Crippen LogP contribution in [0.1, 0.15) is 21.8 Å². The van der Waals surface area contributed by atoms with Crippen LogP contribution in [0.3, 0.4) is 0 Å². The third-order valence-electron chi connectivity index (χ3n) is 2.54. The number of carbonyl (C=O) groups excluding carboxylic acids is 1. The van der Waals surface area contributed by atoms with E-state index in [1.165, 1.54) is 6.39 Å². The standard InChI is InChI=1S/C12H9ClF2N2O2/c1-6-9(17-5-19-6)4-16-12(18)7-2-3-8(14)10(13)11(7)15/h2-3,5H,4H2,1H3,(H,16,18). The van der Waals surface area contributed by atoms with Gasteiger partial charge < -0.3 is 9.73 Å². The highest BCUT2D eigenvalue weighted by Gasteiger charge is 2.17. The Kier molecular flexibility index (Phi) is 3.80. The lowest BCUT2D eigenvalue weighted by Gasteiger charge is -2.06. The van der Waals surface area contributed by atoms with Crippen LogP contribution in [0.2, 0.25) is 5.02 Å². The molecule has 0 unspecified atom stereocenters. The summed E-state index contributed by atoms with van der Waals surface area (Å²) in [4.78, 5) is 15.6. The minimum atomic E-state index is -1.09. The molecule has 0 aliphatic carbocycles. The molecule has 19 heavy (non-hydrogen) atoms. The number of carbonyl (C=O) groups is 1. The molecule has 1 aromatic carbocycles. The van der Waals surface area contributed by atoms with Crippen LogP contribution in [0.4, 0.5) is 8.78 Å². The molecule has 0 saturated heterocycles. The first-order chi connectivity index (χ1) is 9.00. The van der Waals surface area contributed by atoms with Crippen molar-refractivity contribution in [2.75, 3.05) is 0 Å². The molecule has 2 rings (SSSR count). The van der Waals surface area contributed by atoms with Gasteiger partial charge in [0.25, 0.3) is 5.91 Å². The van der Waals surface area contributed by atoms with Crippen LogP contribution in [-0.4, -0.2) is 10.9 Å². The number of nitrogens with one attached hydrogen (secondary N) is 1. The number of aromatic nitrogens is 1. The van der Waals surface area contributed by atoms with E-state index in [0.717, 1.165) is 12.1 Å². The summed E-state index contributed by atoms with van der Waals surface area (Å²) >= 11 is 5.39. The summed E-state index contributed by atoms with van der Waals surface area (Å²) in [5, 5.41) is 1.74. The minimum absolute atomic E-state index is 0.0790. The largest absolute Gasteiger partial charge is 0.448 e. The maximum atomic E-state index is 13.6. The molecule has 0 radical (unpaired) electrons. The van der Waals surface area contributed by atoms with E-state index in [9.17, 15) is 13.6 Å². The third-order valence-corrected chi connectivity index (χ3v) is 2.89. The Morgan fingerprint density at radius 2 is 2.21 bits per heavy atom. The summed E-state index contributed by atoms with van der Waals surface area (Å²) < 4.78 is 31.5. The van der Waals surface area contributed by atoms with Crippen molar-refractivity contribution in [3.8, 4) is 0 Å². The van der Waals surface area contributed by atoms with Gasteiger partial charge in [0.2, 0.25) is 0 Å². The zero-order valence-electron chi connectivity index (χ0n) is 9.84. The quantitative estimate of drug-likeness (QED) is 0.883. The van der Waals surface area contributed by atoms with Gasteiger partial charge >= 0.3 is 0 Å². The highest BCUT2D eigenvalue weighted by Crippen LogP contribution is 2.21. The molecule has 0 atom stereocenters. The number of aryl methyl sites for hydroxylation is 1. The van der Waals surface area contributed by atoms with Crippen LogP contribution in [-0.2, 0) is 6.54 Å². The van der Waals surface area contributed by atoms with Gasteiger partial charge in [0.1, 0.15) is 22.3 Å². The summed E-state index contributed by atoms with van der Waals surface area (Å²) in [7, 11) is 0. The van der Waals surface area contributed by atoms with Gasteiger partial charge in [-0.3, -0.25) is 4.79 Å². The van der Waals surface area contributed by atoms with E-state index in [-0.39, 0.29) is 12.1 Å². The Bertz CT molecular complexity index is 628. The fraction of sp³-hybridized carbons (Fsp3) is 0.167. The first kappa shape index (κ1) is 13.5. The number of amides is 1. The van der Waals surface area contributed by atoms with Gasteiger partial charge in [0.15, 0.2) is 12.2 Å². The van der Waals surface area contributed by atoms with E-state index in [1.54, 1.807) is 6.92 Å². The number of oxazole rings is 1. The van der Waals surface area contributed by atoms with Crippen molar-refractivity contribution in [2.24, 2.45) is 0 Å². The molecular formula is C12H9ClF2N2O2. The normalized spacial score (nSPS) is 10.5. The second kappa shape index (κ2) is 5.36. The van der Waals surface area contributed by atoms with Crippen molar-refractivity contribution in [3.63, 3.8) is 0 Å². The fourth-order valence-corrected chi connectivity index (χ4v) is 1.62. The second-order valence-electron chi connectivity index (χ2n) is 3.76. The Morgan fingerprint density at radius 3 is 2.84 bits per heavy atom. The number of hydrogen-bond acceptors (Lipinski definition) is 3. The van der Waals surface area contributed by atoms with Crippen molar-refractivity contribution in [3.05, 3.63) is 52.2 Å². The number of hydrogen-bond donors (Lipinski definition) is 1. The van der Waals surface area contributed by atoms with Crippen LogP contribution in [0, 0.1) is 18.6 Å². The topological polar surface area (TPSA) is 55.1 Å². The molecule has 0 aliphatic rings. The van der Waals surface area contributed by atoms with Gasteiger partial charge in [0.05, 0.1) is 12.1 Å². The Balaban J connectivity index is 2.13. The van der Waals surface area contributed by atoms with Crippen LogP contribution in [0.5, 0.6) is 0 Å². The van der Waals surface area contributed by atoms with Crippen LogP contribution < -0.4 is 5.32 Å². The highest BCUT2D eigenvalue weighted by atomic mass is 35.5. The molecule has 1 N–H and O–H groups in total. The summed E-state index contributed by atoms with van der Waals surface area (Å²) in [6, 6.07) is 1.96. The maximum absolute atomic E-state index is 13.6. The first-order valence-electron chi connectivity index (χ1n) is 5.31. The van der Waals surface area contributed by atoms with E-state index in [2.05, 4.69) is 10.3 Å². The van der Waals surface area contributed by atoms with Gasteiger partial charge in [-0.15, -0.1) is 0 Å². The van der Waals surface area contributed by atoms with Gasteiger partial charge in [0, 0.05) is 0 Å². The molecule has 0 spiro atoms. The fourth-order valence-electron chi connectivity index (χ4n) is 1.46. The average Bonchev–Trinajstić information content (AvgIpc) is 2.79. The molecule has 0 aliphatic heterocycles. The minimum Gasteiger partial charge on any atom is -0.448 e. The lowest BCUT2D eigenvalue weighted by atomic mass is 10.2. The number of rotatable bonds is 3. The zero-order valence-corrected chi connectivity index (χ0v) is 10.6. The Hall–Kier alpha value is -1.95. The molecule has 2 aromatic rings. The van der Waals surface area contributed by atoms with E-state index in [4.69, 9.17) is 16.0 Å². The predicted octanol–water partition coefficient (Wildman–Crippen LogP) is 2.84. The lowest BCUT2D eigenvalue weighted by molar-refractivity contribution is 0.0946. The van der Waals surface area contributed by atoms with Gasteiger partial charge in [-0.2, -0.15) is 0 Å². The molecule has 100 valence electrons. The molecule has 1 heterocycles. The van der Waals surface area contributed by atoms with Crippen LogP contribution in [0.25, 0.3) is 0 Å². The summed E-state index contributed by atoms with van der Waals surface area (Å²) in [6.07, 6.45) is 1.24. The summed E-state index contributed by atoms with van der Waals surface area (Å²) in [6.45, 7) is 1.76. The molecule has 4 nitrogen and oxygen atoms in total. The third kappa shape index (κ3) is 2.73. The van der Waals surface area contributed by atoms with E-state index in [1.807, 2.05) is 0 Å². The molecular weight excluding hydrogens is 278 g/mol. The van der Waals surface area contributed by atoms with Gasteiger partial charge in [-0.1, -0.05) is 11.6 Å². The average molecular weight is 287 g/mol. The Labute approximate surface area is 112 Å². The van der Waals surface area contributed by atoms with Crippen LogP contribution in [0.15, 0.2) is 22.9 Å². The Morgan fingerprint density at radius 1 is 1.47 bits per heavy atom. The number of nitrogens with zero attached hydrogens (tertiary/aromatic N) is 1. The number of halogens is 3. The highest BCUT2D eigenvalue weighted by molar-refractivity contribution is 6.31. The van der Waals surface area contributed by atoms with Crippen molar-refractivity contribution < 1.29 is 18.0 Å². The molecule has 7 heteroatoms. The van der Waals surface area contributed by atoms with Gasteiger partial charge in [-0.05, 0) is 19.1 Å². The summed E-state index contributed by atoms with van der Waals surface area (Å²) in [5.41, 5.74) is 0.203. The zero-order chi connectivity index (χ0) is 14.0. The van der Waals surface area contributed by atoms with E-state index < -0.39 is 22.6 Å². The predicted molar refractivity (Wildman–Crippen MR) is 63.8 cm³/mol. The molecule has 0 fully saturated rings. The maximum Gasteiger partial charge on any atom is 0.254 e. The second-order valence-corrected chi connectivity index (χ2v) is 4.14. The molecule has 0 bridgehead atoms. The summed E-state index contributed by atoms with van der Waals surface area (Å²) in [5.74, 6) is -2.15. The van der Waals surface area contributed by atoms with E-state index >= 15 is 0 Å². The van der Waals surface area contributed by atoms with Crippen molar-refractivity contribution >= 4 is 17.5 Å². The van der Waals surface area contributed by atoms with Crippen LogP contribution >= 0.6 is 11.6 Å². The molecule has 1 aromatic heterocycles. The monoisotopic (exact) mass is 286 g/mol. The van der Waals surface area contributed by atoms with E-state index in [0.29, 0.717) is 11.5 Å². The van der Waals surface area contributed by atoms with Crippen molar-refractivity contribution in [1.29, 1.82) is 0 Å². The SMILES string of the molecule is Cc1ocnc1CNC(=O)c1ccc(F)c(Cl)c1F. The lowest BCUT2D eigenvalue weighted by Crippen LogP contribution is -2.24. The first-order valence-corrected chi connectivity index (χ1v) is 5.69. The smallest absolute Gasteiger partial charge is 0.254 e. The van der Waals surface area contributed by atoms with Crippen molar-refractivity contribution in [2.45, 2.75) is 13.5 Å². The number of benzene rings is 1. The van der Waals surface area contributed by atoms with Crippen molar-refractivity contribution in [1.82, 2.24) is 10.3 Å². The van der Waals surface area contributed by atoms with Gasteiger partial charge in [-0.25, -0.2) is 13.8 Å². The molecule has 1 amide bonds.